The third-order valence-electron chi connectivity index (χ3n) is 2.30. The number of aryl methyl sites for hydroxylation is 1. The third kappa shape index (κ3) is 2.31. The Labute approximate surface area is 80.4 Å². The molecule has 0 heterocycles. The molecule has 72 valence electrons. The molecule has 0 aromatic heterocycles. The first kappa shape index (κ1) is 10.3. The molecule has 1 N–H and O–H groups in total. The molecule has 1 rings (SSSR count). The monoisotopic (exact) mass is 178 g/mol. The number of hydrogen-bond donors (Lipinski definition) is 1. The second-order valence-corrected chi connectivity index (χ2v) is 4.63. The van der Waals surface area contributed by atoms with Gasteiger partial charge in [-0.3, -0.25) is 0 Å². The first-order valence-corrected chi connectivity index (χ1v) is 4.66. The Bertz CT molecular complexity index is 283. The Kier molecular flexibility index (Phi) is 2.77. The molecule has 1 atom stereocenters. The van der Waals surface area contributed by atoms with E-state index in [4.69, 9.17) is 0 Å². The lowest BCUT2D eigenvalue weighted by Gasteiger charge is -2.27. The van der Waals surface area contributed by atoms with Crippen LogP contribution in [0.15, 0.2) is 24.3 Å². The van der Waals surface area contributed by atoms with E-state index in [-0.39, 0.29) is 11.5 Å². The second kappa shape index (κ2) is 3.51. The number of benzene rings is 1. The van der Waals surface area contributed by atoms with E-state index in [1.807, 2.05) is 52.0 Å². The summed E-state index contributed by atoms with van der Waals surface area (Å²) in [5, 5.41) is 10.0. The molecule has 1 aromatic carbocycles. The van der Waals surface area contributed by atoms with E-state index in [1.54, 1.807) is 0 Å². The minimum Gasteiger partial charge on any atom is -0.388 e. The van der Waals surface area contributed by atoms with Gasteiger partial charge in [-0.25, -0.2) is 0 Å². The van der Waals surface area contributed by atoms with Crippen LogP contribution in [0, 0.1) is 12.3 Å². The normalized spacial score (nSPS) is 14.2. The Balaban J connectivity index is 3.02. The lowest BCUT2D eigenvalue weighted by atomic mass is 9.83. The molecule has 0 bridgehead atoms. The number of hydrogen-bond acceptors (Lipinski definition) is 1. The van der Waals surface area contributed by atoms with Crippen molar-refractivity contribution < 1.29 is 5.11 Å². The molecule has 1 heteroatoms. The van der Waals surface area contributed by atoms with Crippen molar-refractivity contribution in [3.8, 4) is 0 Å². The summed E-state index contributed by atoms with van der Waals surface area (Å²) in [6.45, 7) is 8.17. The van der Waals surface area contributed by atoms with Crippen molar-refractivity contribution in [1.29, 1.82) is 0 Å². The van der Waals surface area contributed by atoms with E-state index in [2.05, 4.69) is 0 Å². The maximum atomic E-state index is 10.0. The van der Waals surface area contributed by atoms with Gasteiger partial charge >= 0.3 is 0 Å². The zero-order chi connectivity index (χ0) is 10.1. The highest BCUT2D eigenvalue weighted by molar-refractivity contribution is 5.28. The van der Waals surface area contributed by atoms with Crippen LogP contribution in [0.2, 0.25) is 0 Å². The highest BCUT2D eigenvalue weighted by atomic mass is 16.3. The lowest BCUT2D eigenvalue weighted by molar-refractivity contribution is 0.0621. The number of aliphatic hydroxyl groups excluding tert-OH is 1. The zero-order valence-corrected chi connectivity index (χ0v) is 8.83. The number of rotatable bonds is 1. The van der Waals surface area contributed by atoms with Crippen molar-refractivity contribution in [3.05, 3.63) is 35.4 Å². The van der Waals surface area contributed by atoms with Gasteiger partial charge in [-0.05, 0) is 23.5 Å². The molecular weight excluding hydrogens is 160 g/mol. The molecule has 0 aliphatic carbocycles. The number of aliphatic hydroxyl groups is 1. The summed E-state index contributed by atoms with van der Waals surface area (Å²) < 4.78 is 0. The maximum Gasteiger partial charge on any atom is 0.0840 e. The van der Waals surface area contributed by atoms with Crippen molar-refractivity contribution in [2.24, 2.45) is 5.41 Å². The average molecular weight is 178 g/mol. The zero-order valence-electron chi connectivity index (χ0n) is 8.83. The van der Waals surface area contributed by atoms with Crippen LogP contribution in [0.5, 0.6) is 0 Å². The van der Waals surface area contributed by atoms with Gasteiger partial charge in [0.05, 0.1) is 6.10 Å². The van der Waals surface area contributed by atoms with Gasteiger partial charge in [-0.2, -0.15) is 0 Å². The van der Waals surface area contributed by atoms with E-state index in [0.29, 0.717) is 0 Å². The molecular formula is C12H18O. The highest BCUT2D eigenvalue weighted by Crippen LogP contribution is 2.33. The van der Waals surface area contributed by atoms with Gasteiger partial charge in [0.1, 0.15) is 0 Å². The highest BCUT2D eigenvalue weighted by Gasteiger charge is 2.24. The summed E-state index contributed by atoms with van der Waals surface area (Å²) in [4.78, 5) is 0. The van der Waals surface area contributed by atoms with Gasteiger partial charge in [0.15, 0.2) is 0 Å². The van der Waals surface area contributed by atoms with Crippen LogP contribution in [0.1, 0.15) is 38.0 Å². The summed E-state index contributed by atoms with van der Waals surface area (Å²) >= 11 is 0. The Morgan fingerprint density at radius 1 is 1.15 bits per heavy atom. The van der Waals surface area contributed by atoms with Crippen molar-refractivity contribution in [3.63, 3.8) is 0 Å². The summed E-state index contributed by atoms with van der Waals surface area (Å²) in [6.07, 6.45) is -0.381. The van der Waals surface area contributed by atoms with Crippen LogP contribution in [0.3, 0.4) is 0 Å². The topological polar surface area (TPSA) is 20.2 Å². The quantitative estimate of drug-likeness (QED) is 0.700. The third-order valence-corrected chi connectivity index (χ3v) is 2.30. The van der Waals surface area contributed by atoms with Gasteiger partial charge in [-0.1, -0.05) is 45.0 Å². The Morgan fingerprint density at radius 2 is 1.69 bits per heavy atom. The van der Waals surface area contributed by atoms with Crippen molar-refractivity contribution in [1.82, 2.24) is 0 Å². The molecule has 13 heavy (non-hydrogen) atoms. The fourth-order valence-corrected chi connectivity index (χ4v) is 1.36. The molecule has 0 saturated carbocycles. The largest absolute Gasteiger partial charge is 0.388 e. The van der Waals surface area contributed by atoms with Crippen LogP contribution in [0.4, 0.5) is 0 Å². The predicted molar refractivity (Wildman–Crippen MR) is 55.6 cm³/mol. The molecule has 0 aliphatic heterocycles. The van der Waals surface area contributed by atoms with Crippen LogP contribution in [-0.4, -0.2) is 5.11 Å². The van der Waals surface area contributed by atoms with E-state index in [0.717, 1.165) is 11.1 Å². The van der Waals surface area contributed by atoms with E-state index >= 15 is 0 Å². The molecule has 0 fully saturated rings. The molecule has 1 aromatic rings. The summed E-state index contributed by atoms with van der Waals surface area (Å²) in [5.41, 5.74) is 2.10. The second-order valence-electron chi connectivity index (χ2n) is 4.63. The fraction of sp³-hybridized carbons (Fsp3) is 0.500. The molecule has 1 nitrogen and oxygen atoms in total. The minimum atomic E-state index is -0.381. The van der Waals surface area contributed by atoms with Gasteiger partial charge in [0.2, 0.25) is 0 Å². The summed E-state index contributed by atoms with van der Waals surface area (Å²) in [7, 11) is 0. The molecule has 0 radical (unpaired) electrons. The maximum absolute atomic E-state index is 10.0. The molecule has 0 spiro atoms. The first-order valence-electron chi connectivity index (χ1n) is 4.66. The predicted octanol–water partition coefficient (Wildman–Crippen LogP) is 3.07. The smallest absolute Gasteiger partial charge is 0.0840 e. The summed E-state index contributed by atoms with van der Waals surface area (Å²) in [6, 6.07) is 7.99. The van der Waals surface area contributed by atoms with Crippen LogP contribution < -0.4 is 0 Å². The van der Waals surface area contributed by atoms with Crippen molar-refractivity contribution >= 4 is 0 Å². The van der Waals surface area contributed by atoms with Crippen molar-refractivity contribution in [2.75, 3.05) is 0 Å². The standard InChI is InChI=1S/C12H18O/c1-9-7-5-6-8-10(9)11(13)12(2,3)4/h5-8,11,13H,1-4H3. The van der Waals surface area contributed by atoms with Gasteiger partial charge in [0, 0.05) is 0 Å². The van der Waals surface area contributed by atoms with Crippen LogP contribution >= 0.6 is 0 Å². The van der Waals surface area contributed by atoms with Gasteiger partial charge in [0.25, 0.3) is 0 Å². The van der Waals surface area contributed by atoms with Gasteiger partial charge < -0.3 is 5.11 Å². The molecule has 0 saturated heterocycles. The van der Waals surface area contributed by atoms with Crippen LogP contribution in [0.25, 0.3) is 0 Å². The lowest BCUT2D eigenvalue weighted by Crippen LogP contribution is -2.18. The molecule has 1 unspecified atom stereocenters. The minimum absolute atomic E-state index is 0.0912. The van der Waals surface area contributed by atoms with E-state index in [9.17, 15) is 5.11 Å². The van der Waals surface area contributed by atoms with Gasteiger partial charge in [-0.15, -0.1) is 0 Å². The first-order chi connectivity index (χ1) is 5.93. The Morgan fingerprint density at radius 3 is 2.15 bits per heavy atom. The fourth-order valence-electron chi connectivity index (χ4n) is 1.36. The Hall–Kier alpha value is -0.820. The van der Waals surface area contributed by atoms with E-state index in [1.165, 1.54) is 0 Å². The van der Waals surface area contributed by atoms with Crippen molar-refractivity contribution in [2.45, 2.75) is 33.8 Å². The van der Waals surface area contributed by atoms with E-state index < -0.39 is 0 Å². The van der Waals surface area contributed by atoms with Crippen LogP contribution in [-0.2, 0) is 0 Å². The average Bonchev–Trinajstić information content (AvgIpc) is 2.02. The summed E-state index contributed by atoms with van der Waals surface area (Å²) in [5.74, 6) is 0. The molecule has 0 aliphatic rings. The molecule has 0 amide bonds. The SMILES string of the molecule is Cc1ccccc1C(O)C(C)(C)C.